The number of halogens is 1. The van der Waals surface area contributed by atoms with Crippen molar-refractivity contribution in [3.63, 3.8) is 0 Å². The Morgan fingerprint density at radius 3 is 2.77 bits per heavy atom. The first-order chi connectivity index (χ1) is 10.6. The number of cyclic esters (lactones) is 1. The second kappa shape index (κ2) is 5.60. The van der Waals surface area contributed by atoms with Gasteiger partial charge in [0.2, 0.25) is 0 Å². The van der Waals surface area contributed by atoms with Crippen LogP contribution in [-0.4, -0.2) is 23.3 Å². The van der Waals surface area contributed by atoms with Crippen molar-refractivity contribution in [3.05, 3.63) is 71.2 Å². The molecule has 4 nitrogen and oxygen atoms in total. The smallest absolute Gasteiger partial charge is 0.414 e. The van der Waals surface area contributed by atoms with Crippen LogP contribution < -0.4 is 0 Å². The van der Waals surface area contributed by atoms with Crippen LogP contribution in [0.2, 0.25) is 0 Å². The molecule has 0 spiro atoms. The second-order valence-corrected chi connectivity index (χ2v) is 5.15. The van der Waals surface area contributed by atoms with Gasteiger partial charge in [-0.05, 0) is 30.7 Å². The van der Waals surface area contributed by atoms with Crippen molar-refractivity contribution in [2.75, 3.05) is 6.61 Å². The lowest BCUT2D eigenvalue weighted by Crippen LogP contribution is -2.28. The second-order valence-electron chi connectivity index (χ2n) is 5.15. The Balaban J connectivity index is 2.03. The number of ether oxygens (including phenoxy) is 1. The molecule has 1 saturated heterocycles. The van der Waals surface area contributed by atoms with E-state index in [2.05, 4.69) is 0 Å². The molecule has 0 bridgehead atoms. The van der Waals surface area contributed by atoms with Gasteiger partial charge < -0.3 is 10.1 Å². The van der Waals surface area contributed by atoms with Gasteiger partial charge in [0, 0.05) is 11.3 Å². The average molecular weight is 298 g/mol. The van der Waals surface area contributed by atoms with Gasteiger partial charge in [0.15, 0.2) is 0 Å². The maximum Gasteiger partial charge on any atom is 0.414 e. The molecule has 2 aliphatic rings. The molecule has 1 atom stereocenters. The van der Waals surface area contributed by atoms with E-state index >= 15 is 0 Å². The van der Waals surface area contributed by atoms with Crippen LogP contribution >= 0.6 is 0 Å². The lowest BCUT2D eigenvalue weighted by atomic mass is 10.0. The van der Waals surface area contributed by atoms with Crippen LogP contribution in [0.5, 0.6) is 0 Å². The van der Waals surface area contributed by atoms with Crippen LogP contribution in [0.4, 0.5) is 9.18 Å². The van der Waals surface area contributed by atoms with Gasteiger partial charge in [0.1, 0.15) is 12.4 Å². The fraction of sp³-hybridized carbons (Fsp3) is 0.176. The molecule has 5 heteroatoms. The van der Waals surface area contributed by atoms with Crippen molar-refractivity contribution < 1.29 is 13.9 Å². The minimum absolute atomic E-state index is 0.172. The van der Waals surface area contributed by atoms with Gasteiger partial charge in [-0.25, -0.2) is 9.18 Å². The zero-order valence-electron chi connectivity index (χ0n) is 12.0. The summed E-state index contributed by atoms with van der Waals surface area (Å²) in [5.74, 6) is -0.436. The van der Waals surface area contributed by atoms with Crippen LogP contribution in [0.1, 0.15) is 18.5 Å². The maximum atomic E-state index is 13.5. The number of benzene rings is 1. The molecule has 1 N–H and O–H groups in total. The minimum Gasteiger partial charge on any atom is -0.447 e. The van der Waals surface area contributed by atoms with E-state index in [4.69, 9.17) is 10.1 Å². The van der Waals surface area contributed by atoms with E-state index < -0.39 is 11.9 Å². The predicted molar refractivity (Wildman–Crippen MR) is 81.1 cm³/mol. The zero-order chi connectivity index (χ0) is 15.7. The molecule has 112 valence electrons. The Bertz CT molecular complexity index is 719. The molecule has 1 aliphatic carbocycles. The van der Waals surface area contributed by atoms with Crippen LogP contribution in [-0.2, 0) is 4.74 Å². The van der Waals surface area contributed by atoms with Crippen LogP contribution in [0, 0.1) is 5.41 Å². The van der Waals surface area contributed by atoms with Gasteiger partial charge in [0.25, 0.3) is 0 Å². The Labute approximate surface area is 127 Å². The summed E-state index contributed by atoms with van der Waals surface area (Å²) < 4.78 is 18.6. The Kier molecular flexibility index (Phi) is 3.63. The minimum atomic E-state index is -0.477. The van der Waals surface area contributed by atoms with Gasteiger partial charge in [-0.3, -0.25) is 4.90 Å². The highest BCUT2D eigenvalue weighted by Crippen LogP contribution is 2.33. The summed E-state index contributed by atoms with van der Waals surface area (Å²) in [5, 5.41) is 7.93. The summed E-state index contributed by atoms with van der Waals surface area (Å²) in [6.45, 7) is 1.94. The van der Waals surface area contributed by atoms with Crippen molar-refractivity contribution in [2.45, 2.75) is 13.0 Å². The fourth-order valence-electron chi connectivity index (χ4n) is 2.66. The summed E-state index contributed by atoms with van der Waals surface area (Å²) >= 11 is 0. The Hall–Kier alpha value is -2.69. The normalized spacial score (nSPS) is 23.5. The quantitative estimate of drug-likeness (QED) is 0.900. The van der Waals surface area contributed by atoms with Gasteiger partial charge in [0.05, 0.1) is 11.8 Å². The molecule has 0 saturated carbocycles. The van der Waals surface area contributed by atoms with Crippen LogP contribution in [0.15, 0.2) is 65.7 Å². The number of rotatable bonds is 2. The van der Waals surface area contributed by atoms with E-state index in [1.54, 1.807) is 6.92 Å². The average Bonchev–Trinajstić information content (AvgIpc) is 2.91. The van der Waals surface area contributed by atoms with Gasteiger partial charge in [-0.1, -0.05) is 30.3 Å². The third kappa shape index (κ3) is 2.45. The first-order valence-corrected chi connectivity index (χ1v) is 6.94. The number of hydrogen-bond acceptors (Lipinski definition) is 3. The third-order valence-electron chi connectivity index (χ3n) is 3.79. The Morgan fingerprint density at radius 1 is 1.32 bits per heavy atom. The Morgan fingerprint density at radius 2 is 2.05 bits per heavy atom. The lowest BCUT2D eigenvalue weighted by Gasteiger charge is -2.24. The predicted octanol–water partition coefficient (Wildman–Crippen LogP) is 3.90. The molecule has 1 amide bonds. The van der Waals surface area contributed by atoms with Crippen molar-refractivity contribution in [1.29, 1.82) is 5.41 Å². The zero-order valence-corrected chi connectivity index (χ0v) is 12.0. The molecule has 1 aromatic rings. The lowest BCUT2D eigenvalue weighted by molar-refractivity contribution is 0.164. The number of carbonyl (C=O) groups excluding carboxylic acids is 1. The van der Waals surface area contributed by atoms with E-state index in [0.29, 0.717) is 11.3 Å². The summed E-state index contributed by atoms with van der Waals surface area (Å²) in [6, 6.07) is 9.25. The highest BCUT2D eigenvalue weighted by atomic mass is 19.1. The fourth-order valence-corrected chi connectivity index (χ4v) is 2.66. The van der Waals surface area contributed by atoms with Crippen molar-refractivity contribution >= 4 is 11.8 Å². The number of carbonyl (C=O) groups is 1. The number of nitrogens with one attached hydrogen (secondary N) is 1. The molecule has 0 radical (unpaired) electrons. The first kappa shape index (κ1) is 14.3. The molecule has 22 heavy (non-hydrogen) atoms. The molecule has 1 aliphatic heterocycles. The largest absolute Gasteiger partial charge is 0.447 e. The molecular weight excluding hydrogens is 283 g/mol. The highest BCUT2D eigenvalue weighted by Gasteiger charge is 2.36. The number of hydrogen-bond donors (Lipinski definition) is 1. The van der Waals surface area contributed by atoms with Gasteiger partial charge >= 0.3 is 6.09 Å². The molecule has 1 heterocycles. The number of amides is 1. The summed E-state index contributed by atoms with van der Waals surface area (Å²) in [4.78, 5) is 13.6. The molecule has 1 fully saturated rings. The molecular formula is C17H15FN2O2. The molecule has 0 aromatic heterocycles. The number of allylic oxidation sites excluding steroid dienone is 6. The number of nitrogens with zero attached hydrogens (tertiary/aromatic N) is 1. The van der Waals surface area contributed by atoms with E-state index in [1.807, 2.05) is 30.3 Å². The highest BCUT2D eigenvalue weighted by molar-refractivity contribution is 6.10. The van der Waals surface area contributed by atoms with E-state index in [9.17, 15) is 9.18 Å². The van der Waals surface area contributed by atoms with Gasteiger partial charge in [-0.15, -0.1) is 0 Å². The van der Waals surface area contributed by atoms with E-state index in [0.717, 1.165) is 5.56 Å². The molecule has 1 aromatic carbocycles. The van der Waals surface area contributed by atoms with Crippen molar-refractivity contribution in [3.8, 4) is 0 Å². The molecule has 3 rings (SSSR count). The van der Waals surface area contributed by atoms with Gasteiger partial charge in [-0.2, -0.15) is 0 Å². The topological polar surface area (TPSA) is 53.4 Å². The van der Waals surface area contributed by atoms with Crippen LogP contribution in [0.25, 0.3) is 0 Å². The summed E-state index contributed by atoms with van der Waals surface area (Å²) in [6.07, 6.45) is 3.41. The SMILES string of the molecule is C/C(=C1/C=C(F)C=CC1=N)N1C(=O)OC[C@H]1c1ccccc1. The first-order valence-electron chi connectivity index (χ1n) is 6.94. The molecule has 0 unspecified atom stereocenters. The van der Waals surface area contributed by atoms with Crippen molar-refractivity contribution in [1.82, 2.24) is 4.90 Å². The standard InChI is InChI=1S/C17H15FN2O2/c1-11(14-9-13(18)7-8-15(14)19)20-16(10-22-17(20)21)12-5-3-2-4-6-12/h2-9,16,19H,10H2,1H3/b14-11+,19-15?/t16-/m0/s1. The summed E-state index contributed by atoms with van der Waals surface area (Å²) in [7, 11) is 0. The third-order valence-corrected chi connectivity index (χ3v) is 3.79. The van der Waals surface area contributed by atoms with Crippen LogP contribution in [0.3, 0.4) is 0 Å². The van der Waals surface area contributed by atoms with E-state index in [-0.39, 0.29) is 18.4 Å². The monoisotopic (exact) mass is 298 g/mol. The maximum absolute atomic E-state index is 13.5. The van der Waals surface area contributed by atoms with E-state index in [1.165, 1.54) is 23.1 Å². The summed E-state index contributed by atoms with van der Waals surface area (Å²) in [5.41, 5.74) is 2.02. The van der Waals surface area contributed by atoms with Crippen molar-refractivity contribution in [2.24, 2.45) is 0 Å².